The number of fused-ring (bicyclic) bond motifs is 1. The minimum Gasteiger partial charge on any atom is -0.465 e. The Bertz CT molecular complexity index is 807. The molecule has 2 aromatic carbocycles. The van der Waals surface area contributed by atoms with Crippen LogP contribution in [0.15, 0.2) is 54.2 Å². The van der Waals surface area contributed by atoms with Crippen molar-refractivity contribution in [2.75, 3.05) is 19.1 Å². The van der Waals surface area contributed by atoms with Gasteiger partial charge in [0.05, 0.1) is 14.2 Å². The van der Waals surface area contributed by atoms with Crippen LogP contribution in [0.1, 0.15) is 6.92 Å². The first-order valence-corrected chi connectivity index (χ1v) is 7.15. The van der Waals surface area contributed by atoms with E-state index >= 15 is 0 Å². The molecule has 0 fully saturated rings. The van der Waals surface area contributed by atoms with Gasteiger partial charge in [0.2, 0.25) is 5.91 Å². The fraction of sp³-hybridized carbons (Fsp3) is 0.167. The summed E-state index contributed by atoms with van der Waals surface area (Å²) >= 11 is 0. The first-order chi connectivity index (χ1) is 11.5. The summed E-state index contributed by atoms with van der Waals surface area (Å²) in [4.78, 5) is 36.8. The first-order valence-electron chi connectivity index (χ1n) is 7.15. The lowest BCUT2D eigenvalue weighted by Gasteiger charge is -2.18. The third-order valence-electron chi connectivity index (χ3n) is 3.42. The fourth-order valence-electron chi connectivity index (χ4n) is 2.21. The molecule has 0 heterocycles. The van der Waals surface area contributed by atoms with Crippen LogP contribution in [-0.2, 0) is 23.9 Å². The molecule has 0 bridgehead atoms. The number of carbonyl (C=O) groups is 3. The zero-order valence-corrected chi connectivity index (χ0v) is 13.6. The van der Waals surface area contributed by atoms with Crippen LogP contribution in [0.2, 0.25) is 0 Å². The molecule has 0 spiro atoms. The maximum absolute atomic E-state index is 12.0. The first kappa shape index (κ1) is 17.2. The number of ether oxygens (including phenoxy) is 2. The molecule has 6 heteroatoms. The highest BCUT2D eigenvalue weighted by Gasteiger charge is 2.23. The largest absolute Gasteiger partial charge is 0.465 e. The van der Waals surface area contributed by atoms with E-state index in [-0.39, 0.29) is 11.5 Å². The van der Waals surface area contributed by atoms with Crippen LogP contribution in [0.25, 0.3) is 10.8 Å². The van der Waals surface area contributed by atoms with Crippen LogP contribution >= 0.6 is 0 Å². The molecule has 2 aromatic rings. The zero-order chi connectivity index (χ0) is 17.7. The highest BCUT2D eigenvalue weighted by atomic mass is 16.5. The second-order valence-corrected chi connectivity index (χ2v) is 4.95. The highest BCUT2D eigenvalue weighted by molar-refractivity contribution is 6.15. The number of anilines is 1. The lowest BCUT2D eigenvalue weighted by Crippen LogP contribution is -2.26. The second-order valence-electron chi connectivity index (χ2n) is 4.95. The fourth-order valence-corrected chi connectivity index (χ4v) is 2.21. The van der Waals surface area contributed by atoms with Gasteiger partial charge in [0.1, 0.15) is 0 Å². The van der Waals surface area contributed by atoms with Crippen molar-refractivity contribution in [3.8, 4) is 0 Å². The number of benzene rings is 2. The van der Waals surface area contributed by atoms with Crippen molar-refractivity contribution in [1.29, 1.82) is 0 Å². The molecule has 0 saturated heterocycles. The minimum atomic E-state index is -0.881. The lowest BCUT2D eigenvalue weighted by atomic mass is 10.1. The SMILES string of the molecule is COC(=O)C(=CN(C(C)=O)c1ccc2ccccc2c1)C(=O)OC. The quantitative estimate of drug-likeness (QED) is 0.373. The summed E-state index contributed by atoms with van der Waals surface area (Å²) in [5.41, 5.74) is 0.148. The molecule has 0 atom stereocenters. The van der Waals surface area contributed by atoms with Crippen LogP contribution in [0.3, 0.4) is 0 Å². The summed E-state index contributed by atoms with van der Waals surface area (Å²) in [5.74, 6) is -2.13. The van der Waals surface area contributed by atoms with Crippen molar-refractivity contribution in [3.63, 3.8) is 0 Å². The average molecular weight is 327 g/mol. The standard InChI is InChI=1S/C18H17NO5/c1-12(20)19(11-16(17(21)23-2)18(22)24-3)15-9-8-13-6-4-5-7-14(13)10-15/h4-11H,1-3H3. The maximum atomic E-state index is 12.0. The smallest absolute Gasteiger partial charge is 0.346 e. The van der Waals surface area contributed by atoms with Crippen molar-refractivity contribution >= 4 is 34.3 Å². The van der Waals surface area contributed by atoms with Crippen molar-refractivity contribution in [2.24, 2.45) is 0 Å². The third kappa shape index (κ3) is 3.60. The Labute approximate surface area is 139 Å². The summed E-state index contributed by atoms with van der Waals surface area (Å²) in [7, 11) is 2.29. The van der Waals surface area contributed by atoms with E-state index in [1.54, 1.807) is 12.1 Å². The van der Waals surface area contributed by atoms with E-state index in [9.17, 15) is 14.4 Å². The Morgan fingerprint density at radius 2 is 1.50 bits per heavy atom. The van der Waals surface area contributed by atoms with Gasteiger partial charge >= 0.3 is 11.9 Å². The van der Waals surface area contributed by atoms with Crippen LogP contribution in [0.5, 0.6) is 0 Å². The number of methoxy groups -OCH3 is 2. The monoisotopic (exact) mass is 327 g/mol. The Balaban J connectivity index is 2.54. The number of amides is 1. The molecule has 0 aliphatic carbocycles. The van der Waals surface area contributed by atoms with Crippen LogP contribution in [-0.4, -0.2) is 32.1 Å². The Morgan fingerprint density at radius 3 is 2.04 bits per heavy atom. The van der Waals surface area contributed by atoms with E-state index in [1.165, 1.54) is 11.8 Å². The number of nitrogens with zero attached hydrogens (tertiary/aromatic N) is 1. The van der Waals surface area contributed by atoms with E-state index in [2.05, 4.69) is 9.47 Å². The van der Waals surface area contributed by atoms with E-state index < -0.39 is 11.9 Å². The van der Waals surface area contributed by atoms with Gasteiger partial charge in [-0.2, -0.15) is 0 Å². The summed E-state index contributed by atoms with van der Waals surface area (Å²) in [6.45, 7) is 1.33. The number of rotatable bonds is 4. The number of hydrogen-bond acceptors (Lipinski definition) is 5. The van der Waals surface area contributed by atoms with Crippen LogP contribution in [0.4, 0.5) is 5.69 Å². The van der Waals surface area contributed by atoms with Crippen LogP contribution in [0, 0.1) is 0 Å². The molecule has 6 nitrogen and oxygen atoms in total. The average Bonchev–Trinajstić information content (AvgIpc) is 2.60. The number of hydrogen-bond donors (Lipinski definition) is 0. The summed E-state index contributed by atoms with van der Waals surface area (Å²) in [6, 6.07) is 13.0. The number of carbonyl (C=O) groups excluding carboxylic acids is 3. The van der Waals surface area contributed by atoms with Gasteiger partial charge in [-0.1, -0.05) is 30.3 Å². The van der Waals surface area contributed by atoms with Gasteiger partial charge in [-0.15, -0.1) is 0 Å². The summed E-state index contributed by atoms with van der Waals surface area (Å²) in [5, 5.41) is 1.93. The summed E-state index contributed by atoms with van der Waals surface area (Å²) < 4.78 is 9.15. The molecule has 24 heavy (non-hydrogen) atoms. The lowest BCUT2D eigenvalue weighted by molar-refractivity contribution is -0.144. The minimum absolute atomic E-state index is 0.365. The molecular weight excluding hydrogens is 310 g/mol. The Hall–Kier alpha value is -3.15. The van der Waals surface area contributed by atoms with Crippen molar-refractivity contribution < 1.29 is 23.9 Å². The molecule has 2 rings (SSSR count). The molecule has 0 aromatic heterocycles. The normalized spacial score (nSPS) is 9.96. The number of esters is 2. The molecule has 0 N–H and O–H groups in total. The molecule has 1 amide bonds. The molecular formula is C18H17NO5. The molecule has 0 saturated carbocycles. The van der Waals surface area contributed by atoms with E-state index in [0.29, 0.717) is 5.69 Å². The van der Waals surface area contributed by atoms with Gasteiger partial charge in [0, 0.05) is 18.8 Å². The second kappa shape index (κ2) is 7.41. The zero-order valence-electron chi connectivity index (χ0n) is 13.6. The van der Waals surface area contributed by atoms with E-state index in [1.807, 2.05) is 30.3 Å². The molecule has 124 valence electrons. The van der Waals surface area contributed by atoms with Crippen molar-refractivity contribution in [1.82, 2.24) is 0 Å². The van der Waals surface area contributed by atoms with Gasteiger partial charge in [-0.3, -0.25) is 9.69 Å². The van der Waals surface area contributed by atoms with Gasteiger partial charge in [-0.05, 0) is 22.9 Å². The molecule has 0 unspecified atom stereocenters. The van der Waals surface area contributed by atoms with Crippen molar-refractivity contribution in [3.05, 3.63) is 54.2 Å². The predicted octanol–water partition coefficient (Wildman–Crippen LogP) is 2.42. The van der Waals surface area contributed by atoms with Gasteiger partial charge < -0.3 is 9.47 Å². The Kier molecular flexibility index (Phi) is 5.31. The van der Waals surface area contributed by atoms with Gasteiger partial charge in [-0.25, -0.2) is 9.59 Å². The van der Waals surface area contributed by atoms with Gasteiger partial charge in [0.15, 0.2) is 5.57 Å². The third-order valence-corrected chi connectivity index (χ3v) is 3.42. The predicted molar refractivity (Wildman–Crippen MR) is 89.2 cm³/mol. The highest BCUT2D eigenvalue weighted by Crippen LogP contribution is 2.23. The molecule has 0 aliphatic heterocycles. The van der Waals surface area contributed by atoms with Gasteiger partial charge in [0.25, 0.3) is 0 Å². The Morgan fingerprint density at radius 1 is 0.917 bits per heavy atom. The molecule has 0 aliphatic rings. The topological polar surface area (TPSA) is 72.9 Å². The molecule has 0 radical (unpaired) electrons. The summed E-state index contributed by atoms with van der Waals surface area (Å²) in [6.07, 6.45) is 1.13. The van der Waals surface area contributed by atoms with E-state index in [0.717, 1.165) is 31.2 Å². The van der Waals surface area contributed by atoms with Crippen molar-refractivity contribution in [2.45, 2.75) is 6.92 Å². The van der Waals surface area contributed by atoms with E-state index in [4.69, 9.17) is 0 Å². The van der Waals surface area contributed by atoms with Crippen LogP contribution < -0.4 is 4.90 Å². The maximum Gasteiger partial charge on any atom is 0.346 e.